The van der Waals surface area contributed by atoms with Crippen molar-refractivity contribution in [2.75, 3.05) is 17.3 Å². The number of carboxylic acids is 1. The number of rotatable bonds is 8. The molecule has 2 aliphatic heterocycles. The number of carboxylic acid groups (broad SMARTS) is 1. The first-order chi connectivity index (χ1) is 14.5. The molecule has 4 rings (SSSR count). The van der Waals surface area contributed by atoms with Crippen LogP contribution in [0.25, 0.3) is 0 Å². The molecule has 2 N–H and O–H groups in total. The third kappa shape index (κ3) is 4.32. The van der Waals surface area contributed by atoms with Gasteiger partial charge in [-0.2, -0.15) is 4.37 Å². The Hall–Kier alpha value is -1.74. The van der Waals surface area contributed by atoms with Crippen molar-refractivity contribution in [1.29, 1.82) is 0 Å². The molecule has 3 atom stereocenters. The van der Waals surface area contributed by atoms with E-state index < -0.39 is 40.0 Å². The smallest absolute Gasteiger partial charge is 0.352 e. The second-order valence-corrected chi connectivity index (χ2v) is 11.9. The van der Waals surface area contributed by atoms with E-state index in [0.29, 0.717) is 21.3 Å². The fraction of sp³-hybridized carbons (Fsp3) is 0.312. The van der Waals surface area contributed by atoms with Crippen LogP contribution in [0.4, 0.5) is 0 Å². The van der Waals surface area contributed by atoms with Gasteiger partial charge in [0.2, 0.25) is 5.91 Å². The lowest BCUT2D eigenvalue weighted by atomic mass is 10.0. The molecule has 158 valence electrons. The van der Waals surface area contributed by atoms with E-state index in [-0.39, 0.29) is 11.4 Å². The molecule has 0 spiro atoms. The molecule has 2 aliphatic rings. The number of amides is 2. The van der Waals surface area contributed by atoms with E-state index in [4.69, 9.17) is 0 Å². The van der Waals surface area contributed by atoms with Crippen LogP contribution in [0.5, 0.6) is 0 Å². The van der Waals surface area contributed by atoms with Crippen LogP contribution in [0.1, 0.15) is 0 Å². The summed E-state index contributed by atoms with van der Waals surface area (Å²) in [6, 6.07) is 2.61. The van der Waals surface area contributed by atoms with E-state index >= 15 is 0 Å². The summed E-state index contributed by atoms with van der Waals surface area (Å²) in [5, 5.41) is 13.6. The van der Waals surface area contributed by atoms with E-state index in [1.54, 1.807) is 17.5 Å². The molecule has 0 saturated carbocycles. The summed E-state index contributed by atoms with van der Waals surface area (Å²) >= 11 is 5.29. The van der Waals surface area contributed by atoms with Crippen LogP contribution in [0.15, 0.2) is 43.7 Å². The highest BCUT2D eigenvalue weighted by Gasteiger charge is 2.54. The first-order valence-electron chi connectivity index (χ1n) is 8.46. The van der Waals surface area contributed by atoms with Crippen LogP contribution in [-0.4, -0.2) is 70.0 Å². The van der Waals surface area contributed by atoms with E-state index in [1.807, 2.05) is 0 Å². The molecule has 9 nitrogen and oxygen atoms in total. The number of thiophene rings is 1. The number of hydrogen-bond acceptors (Lipinski definition) is 10. The zero-order valence-corrected chi connectivity index (χ0v) is 19.1. The Morgan fingerprint density at radius 2 is 2.27 bits per heavy atom. The molecule has 1 fully saturated rings. The number of thioether (sulfide) groups is 2. The van der Waals surface area contributed by atoms with Gasteiger partial charge in [-0.1, -0.05) is 17.8 Å². The van der Waals surface area contributed by atoms with Crippen molar-refractivity contribution in [2.24, 2.45) is 0 Å². The maximum absolute atomic E-state index is 12.6. The minimum absolute atomic E-state index is 0.0339. The molecule has 4 heterocycles. The van der Waals surface area contributed by atoms with Crippen LogP contribution in [-0.2, 0) is 25.2 Å². The summed E-state index contributed by atoms with van der Waals surface area (Å²) in [5.74, 6) is -1.58. The number of nitrogens with zero attached hydrogens (tertiary/aromatic N) is 3. The highest BCUT2D eigenvalue weighted by Crippen LogP contribution is 2.41. The number of nitrogens with one attached hydrogen (secondary N) is 1. The molecule has 0 aliphatic carbocycles. The van der Waals surface area contributed by atoms with Gasteiger partial charge in [-0.25, -0.2) is 9.78 Å². The van der Waals surface area contributed by atoms with Crippen LogP contribution in [0.2, 0.25) is 0 Å². The first-order valence-corrected chi connectivity index (χ1v) is 13.5. The Bertz CT molecular complexity index is 1020. The summed E-state index contributed by atoms with van der Waals surface area (Å²) < 4.78 is 17.4. The second-order valence-electron chi connectivity index (χ2n) is 6.13. The van der Waals surface area contributed by atoms with Crippen molar-refractivity contribution in [3.8, 4) is 0 Å². The largest absolute Gasteiger partial charge is 0.477 e. The highest BCUT2D eigenvalue weighted by molar-refractivity contribution is 8.01. The third-order valence-corrected chi connectivity index (χ3v) is 10.1. The van der Waals surface area contributed by atoms with Crippen molar-refractivity contribution >= 4 is 75.0 Å². The molecule has 0 radical (unpaired) electrons. The second kappa shape index (κ2) is 9.18. The standard InChI is InChI=1S/C16H14N4O5S5/c21-9(6-30(25)10-2-1-3-26-10)19-11-13(22)20-12(15(23)24)8(4-27-14(11)20)5-28-16-17-7-18-29-16/h1-3,7,11,14H,4-6H2,(H,19,21)(H,23,24)/t11?,14-,30?/m1/s1. The van der Waals surface area contributed by atoms with Gasteiger partial charge in [0.05, 0.1) is 15.0 Å². The maximum Gasteiger partial charge on any atom is 0.352 e. The normalized spacial score (nSPS) is 21.7. The van der Waals surface area contributed by atoms with Crippen LogP contribution >= 0.6 is 46.4 Å². The maximum atomic E-state index is 12.6. The summed E-state index contributed by atoms with van der Waals surface area (Å²) in [6.45, 7) is 0. The molecule has 30 heavy (non-hydrogen) atoms. The van der Waals surface area contributed by atoms with E-state index in [9.17, 15) is 23.7 Å². The van der Waals surface area contributed by atoms with Crippen LogP contribution < -0.4 is 5.32 Å². The Morgan fingerprint density at radius 3 is 2.93 bits per heavy atom. The van der Waals surface area contributed by atoms with Gasteiger partial charge in [0.1, 0.15) is 29.2 Å². The van der Waals surface area contributed by atoms with Crippen molar-refractivity contribution in [2.45, 2.75) is 20.0 Å². The number of β-lactam (4-membered cyclic amide) rings is 1. The molecule has 14 heteroatoms. The molecule has 1 saturated heterocycles. The van der Waals surface area contributed by atoms with Crippen molar-refractivity contribution < 1.29 is 23.7 Å². The fourth-order valence-electron chi connectivity index (χ4n) is 2.97. The number of hydrogen-bond donors (Lipinski definition) is 2. The molecular weight excluding hydrogens is 489 g/mol. The van der Waals surface area contributed by atoms with Crippen LogP contribution in [0.3, 0.4) is 0 Å². The summed E-state index contributed by atoms with van der Waals surface area (Å²) in [4.78, 5) is 42.0. The van der Waals surface area contributed by atoms with Gasteiger partial charge in [-0.05, 0) is 28.6 Å². The number of carbonyl (C=O) groups excluding carboxylic acids is 2. The average molecular weight is 503 g/mol. The average Bonchev–Trinajstić information content (AvgIpc) is 3.43. The first kappa shape index (κ1) is 21.5. The monoisotopic (exact) mass is 502 g/mol. The summed E-state index contributed by atoms with van der Waals surface area (Å²) in [6.07, 6.45) is 1.43. The summed E-state index contributed by atoms with van der Waals surface area (Å²) in [7, 11) is -1.48. The van der Waals surface area contributed by atoms with Crippen molar-refractivity contribution in [1.82, 2.24) is 19.6 Å². The lowest BCUT2D eigenvalue weighted by Gasteiger charge is -2.49. The fourth-order valence-corrected chi connectivity index (χ4v) is 7.81. The van der Waals surface area contributed by atoms with Gasteiger partial charge in [0.25, 0.3) is 5.91 Å². The quantitative estimate of drug-likeness (QED) is 0.404. The van der Waals surface area contributed by atoms with E-state index in [0.717, 1.165) is 4.34 Å². The Morgan fingerprint density at radius 1 is 1.43 bits per heavy atom. The molecule has 2 aromatic rings. The zero-order chi connectivity index (χ0) is 21.3. The lowest BCUT2D eigenvalue weighted by molar-refractivity contribution is -0.150. The summed E-state index contributed by atoms with van der Waals surface area (Å²) in [5.41, 5.74) is 0.592. The van der Waals surface area contributed by atoms with Crippen molar-refractivity contribution in [3.05, 3.63) is 35.1 Å². The van der Waals surface area contributed by atoms with E-state index in [2.05, 4.69) is 14.7 Å². The van der Waals surface area contributed by atoms with Gasteiger partial charge < -0.3 is 10.4 Å². The minimum atomic E-state index is -1.48. The highest BCUT2D eigenvalue weighted by atomic mass is 32.2. The topological polar surface area (TPSA) is 130 Å². The lowest BCUT2D eigenvalue weighted by Crippen LogP contribution is -2.70. The Labute approximate surface area is 190 Å². The predicted molar refractivity (Wildman–Crippen MR) is 116 cm³/mol. The van der Waals surface area contributed by atoms with Crippen LogP contribution in [0, 0.1) is 0 Å². The molecular formula is C16H14N4O5S5. The SMILES string of the molecule is O=C(CS(=O)c1cccs1)NC1C(=O)N2C(C(=O)O)=C(CSc3ncns3)CS[C@H]12. The van der Waals surface area contributed by atoms with Gasteiger partial charge >= 0.3 is 5.97 Å². The molecule has 0 aromatic carbocycles. The molecule has 2 amide bonds. The Kier molecular flexibility index (Phi) is 6.57. The van der Waals surface area contributed by atoms with Crippen molar-refractivity contribution in [3.63, 3.8) is 0 Å². The number of aliphatic carboxylic acids is 1. The molecule has 2 aromatic heterocycles. The molecule has 2 unspecified atom stereocenters. The van der Waals surface area contributed by atoms with Gasteiger partial charge in [0, 0.05) is 11.5 Å². The predicted octanol–water partition coefficient (Wildman–Crippen LogP) is 1.24. The third-order valence-electron chi connectivity index (χ3n) is 4.26. The minimum Gasteiger partial charge on any atom is -0.477 e. The van der Waals surface area contributed by atoms with E-state index in [1.165, 1.54) is 57.6 Å². The van der Waals surface area contributed by atoms with Gasteiger partial charge in [-0.15, -0.1) is 23.1 Å². The number of fused-ring (bicyclic) bond motifs is 1. The number of aromatic nitrogens is 2. The van der Waals surface area contributed by atoms with Gasteiger partial charge in [-0.3, -0.25) is 18.7 Å². The Balaban J connectivity index is 1.41. The number of carbonyl (C=O) groups is 3. The zero-order valence-electron chi connectivity index (χ0n) is 15.0. The molecule has 0 bridgehead atoms. The van der Waals surface area contributed by atoms with Gasteiger partial charge in [0.15, 0.2) is 4.34 Å².